The number of hydrogen-bond donors (Lipinski definition) is 1. The number of hydrogen-bond acceptors (Lipinski definition) is 2. The molecule has 19 heavy (non-hydrogen) atoms. The van der Waals surface area contributed by atoms with E-state index in [9.17, 15) is 9.59 Å². The van der Waals surface area contributed by atoms with E-state index in [-0.39, 0.29) is 11.8 Å². The lowest BCUT2D eigenvalue weighted by atomic mass is 9.83. The Kier molecular flexibility index (Phi) is 3.01. The smallest absolute Gasteiger partial charge is 0.240 e. The maximum Gasteiger partial charge on any atom is 0.240 e. The predicted octanol–water partition coefficient (Wildman–Crippen LogP) is 1.23. The van der Waals surface area contributed by atoms with Crippen molar-refractivity contribution in [2.45, 2.75) is 38.3 Å². The SMILES string of the molecule is NC(=O)C1Cc2ccccc2CN1C(=O)C1CCC1. The van der Waals surface area contributed by atoms with Crippen LogP contribution in [0.4, 0.5) is 0 Å². The molecule has 4 nitrogen and oxygen atoms in total. The van der Waals surface area contributed by atoms with Gasteiger partial charge in [-0.2, -0.15) is 0 Å². The number of fused-ring (bicyclic) bond motifs is 1. The van der Waals surface area contributed by atoms with Gasteiger partial charge >= 0.3 is 0 Å². The van der Waals surface area contributed by atoms with Crippen LogP contribution in [0.5, 0.6) is 0 Å². The predicted molar refractivity (Wildman–Crippen MR) is 71.0 cm³/mol. The van der Waals surface area contributed by atoms with Gasteiger partial charge < -0.3 is 10.6 Å². The van der Waals surface area contributed by atoms with Gasteiger partial charge in [0.25, 0.3) is 0 Å². The van der Waals surface area contributed by atoms with Crippen LogP contribution in [-0.4, -0.2) is 22.8 Å². The Balaban J connectivity index is 1.89. The second kappa shape index (κ2) is 4.68. The zero-order valence-corrected chi connectivity index (χ0v) is 10.8. The number of rotatable bonds is 2. The molecule has 1 aliphatic heterocycles. The Morgan fingerprint density at radius 2 is 1.84 bits per heavy atom. The zero-order valence-electron chi connectivity index (χ0n) is 10.8. The Bertz CT molecular complexity index is 523. The van der Waals surface area contributed by atoms with Crippen LogP contribution in [0.15, 0.2) is 24.3 Å². The molecule has 1 saturated carbocycles. The molecule has 1 fully saturated rings. The number of benzene rings is 1. The Morgan fingerprint density at radius 1 is 1.16 bits per heavy atom. The highest BCUT2D eigenvalue weighted by molar-refractivity contribution is 5.88. The van der Waals surface area contributed by atoms with E-state index >= 15 is 0 Å². The molecule has 1 aromatic rings. The fourth-order valence-corrected chi connectivity index (χ4v) is 2.90. The highest BCUT2D eigenvalue weighted by Gasteiger charge is 2.37. The number of amides is 2. The molecule has 100 valence electrons. The summed E-state index contributed by atoms with van der Waals surface area (Å²) < 4.78 is 0. The molecule has 2 aliphatic rings. The van der Waals surface area contributed by atoms with Crippen LogP contribution >= 0.6 is 0 Å². The summed E-state index contributed by atoms with van der Waals surface area (Å²) in [6, 6.07) is 7.47. The maximum absolute atomic E-state index is 12.4. The summed E-state index contributed by atoms with van der Waals surface area (Å²) in [6.45, 7) is 0.513. The van der Waals surface area contributed by atoms with Gasteiger partial charge in [0.1, 0.15) is 6.04 Å². The Hall–Kier alpha value is -1.84. The number of carbonyl (C=O) groups is 2. The summed E-state index contributed by atoms with van der Waals surface area (Å²) in [5.74, 6) is -0.196. The molecule has 3 rings (SSSR count). The molecule has 0 aromatic heterocycles. The van der Waals surface area contributed by atoms with E-state index < -0.39 is 11.9 Å². The molecule has 1 aliphatic carbocycles. The van der Waals surface area contributed by atoms with Crippen LogP contribution in [-0.2, 0) is 22.6 Å². The van der Waals surface area contributed by atoms with Crippen molar-refractivity contribution in [1.29, 1.82) is 0 Å². The van der Waals surface area contributed by atoms with E-state index in [0.717, 1.165) is 30.4 Å². The average molecular weight is 258 g/mol. The standard InChI is InChI=1S/C15H18N2O2/c16-14(18)13-8-11-4-1-2-5-12(11)9-17(13)15(19)10-6-3-7-10/h1-2,4-5,10,13H,3,6-9H2,(H2,16,18). The lowest BCUT2D eigenvalue weighted by Gasteiger charge is -2.39. The van der Waals surface area contributed by atoms with E-state index in [1.807, 2.05) is 24.3 Å². The number of nitrogens with zero attached hydrogens (tertiary/aromatic N) is 1. The first kappa shape index (κ1) is 12.2. The molecule has 0 saturated heterocycles. The highest BCUT2D eigenvalue weighted by Crippen LogP contribution is 2.32. The Morgan fingerprint density at radius 3 is 2.42 bits per heavy atom. The van der Waals surface area contributed by atoms with Gasteiger partial charge in [-0.25, -0.2) is 0 Å². The molecular formula is C15H18N2O2. The second-order valence-corrected chi connectivity index (χ2v) is 5.48. The molecule has 0 bridgehead atoms. The largest absolute Gasteiger partial charge is 0.368 e. The highest BCUT2D eigenvalue weighted by atomic mass is 16.2. The summed E-state index contributed by atoms with van der Waals surface area (Å²) in [5.41, 5.74) is 7.74. The van der Waals surface area contributed by atoms with Crippen molar-refractivity contribution < 1.29 is 9.59 Å². The summed E-state index contributed by atoms with van der Waals surface area (Å²) in [7, 11) is 0. The molecule has 1 aromatic carbocycles. The van der Waals surface area contributed by atoms with Gasteiger partial charge in [0.15, 0.2) is 0 Å². The van der Waals surface area contributed by atoms with Crippen LogP contribution < -0.4 is 5.73 Å². The minimum Gasteiger partial charge on any atom is -0.368 e. The van der Waals surface area contributed by atoms with Gasteiger partial charge in [0.05, 0.1) is 0 Å². The van der Waals surface area contributed by atoms with Crippen LogP contribution in [0.1, 0.15) is 30.4 Å². The monoisotopic (exact) mass is 258 g/mol. The van der Waals surface area contributed by atoms with Gasteiger partial charge in [-0.3, -0.25) is 9.59 Å². The van der Waals surface area contributed by atoms with Crippen molar-refractivity contribution in [3.8, 4) is 0 Å². The first-order valence-electron chi connectivity index (χ1n) is 6.83. The van der Waals surface area contributed by atoms with E-state index in [2.05, 4.69) is 0 Å². The third-order valence-electron chi connectivity index (χ3n) is 4.31. The lowest BCUT2D eigenvalue weighted by Crippen LogP contribution is -2.53. The fourth-order valence-electron chi connectivity index (χ4n) is 2.90. The van der Waals surface area contributed by atoms with Gasteiger partial charge in [0, 0.05) is 18.9 Å². The summed E-state index contributed by atoms with van der Waals surface area (Å²) in [6.07, 6.45) is 3.55. The minimum absolute atomic E-state index is 0.101. The van der Waals surface area contributed by atoms with Crippen LogP contribution in [0.3, 0.4) is 0 Å². The van der Waals surface area contributed by atoms with E-state index in [1.54, 1.807) is 4.90 Å². The average Bonchev–Trinajstić information content (AvgIpc) is 2.35. The summed E-state index contributed by atoms with van der Waals surface area (Å²) in [4.78, 5) is 25.7. The molecule has 2 N–H and O–H groups in total. The molecular weight excluding hydrogens is 240 g/mol. The minimum atomic E-state index is -0.483. The van der Waals surface area contributed by atoms with Gasteiger partial charge in [-0.15, -0.1) is 0 Å². The first-order chi connectivity index (χ1) is 9.16. The number of nitrogens with two attached hydrogens (primary N) is 1. The van der Waals surface area contributed by atoms with Gasteiger partial charge in [-0.1, -0.05) is 30.7 Å². The molecule has 1 atom stereocenters. The molecule has 2 amide bonds. The first-order valence-corrected chi connectivity index (χ1v) is 6.83. The molecule has 1 heterocycles. The molecule has 0 radical (unpaired) electrons. The van der Waals surface area contributed by atoms with Crippen molar-refractivity contribution in [1.82, 2.24) is 4.90 Å². The van der Waals surface area contributed by atoms with E-state index in [0.29, 0.717) is 13.0 Å². The van der Waals surface area contributed by atoms with Crippen molar-refractivity contribution in [3.63, 3.8) is 0 Å². The van der Waals surface area contributed by atoms with E-state index in [4.69, 9.17) is 5.73 Å². The van der Waals surface area contributed by atoms with Gasteiger partial charge in [0.2, 0.25) is 11.8 Å². The van der Waals surface area contributed by atoms with Crippen molar-refractivity contribution >= 4 is 11.8 Å². The number of carbonyl (C=O) groups excluding carboxylic acids is 2. The second-order valence-electron chi connectivity index (χ2n) is 5.48. The fraction of sp³-hybridized carbons (Fsp3) is 0.467. The van der Waals surface area contributed by atoms with Crippen molar-refractivity contribution in [2.24, 2.45) is 11.7 Å². The third-order valence-corrected chi connectivity index (χ3v) is 4.31. The van der Waals surface area contributed by atoms with E-state index in [1.165, 1.54) is 0 Å². The third kappa shape index (κ3) is 2.11. The quantitative estimate of drug-likeness (QED) is 0.867. The van der Waals surface area contributed by atoms with Crippen molar-refractivity contribution in [2.75, 3.05) is 0 Å². The zero-order chi connectivity index (χ0) is 13.4. The lowest BCUT2D eigenvalue weighted by molar-refractivity contribution is -0.146. The molecule has 4 heteroatoms. The number of primary amides is 1. The topological polar surface area (TPSA) is 63.4 Å². The van der Waals surface area contributed by atoms with Crippen LogP contribution in [0.2, 0.25) is 0 Å². The maximum atomic E-state index is 12.4. The molecule has 0 spiro atoms. The summed E-state index contributed by atoms with van der Waals surface area (Å²) >= 11 is 0. The van der Waals surface area contributed by atoms with Gasteiger partial charge in [-0.05, 0) is 24.0 Å². The van der Waals surface area contributed by atoms with Crippen molar-refractivity contribution in [3.05, 3.63) is 35.4 Å². The van der Waals surface area contributed by atoms with Crippen LogP contribution in [0, 0.1) is 5.92 Å². The summed E-state index contributed by atoms with van der Waals surface area (Å²) in [5, 5.41) is 0. The normalized spacial score (nSPS) is 22.5. The Labute approximate surface area is 112 Å². The van der Waals surface area contributed by atoms with Crippen LogP contribution in [0.25, 0.3) is 0 Å². The molecule has 1 unspecified atom stereocenters.